The fraction of sp³-hybridized carbons (Fsp3) is 0.818. The zero-order valence-corrected chi connectivity index (χ0v) is 7.79. The highest BCUT2D eigenvalue weighted by molar-refractivity contribution is 5.06. The van der Waals surface area contributed by atoms with Gasteiger partial charge in [-0.2, -0.15) is 0 Å². The Bertz CT molecular complexity index is 187. The van der Waals surface area contributed by atoms with Gasteiger partial charge in [-0.15, -0.1) is 6.58 Å². The molecule has 0 aromatic carbocycles. The molecule has 3 unspecified atom stereocenters. The van der Waals surface area contributed by atoms with Gasteiger partial charge in [0.2, 0.25) is 0 Å². The van der Waals surface area contributed by atoms with Crippen LogP contribution in [0.25, 0.3) is 0 Å². The molecule has 0 radical (unpaired) electrons. The van der Waals surface area contributed by atoms with Gasteiger partial charge in [0.25, 0.3) is 0 Å². The Kier molecular flexibility index (Phi) is 1.99. The summed E-state index contributed by atoms with van der Waals surface area (Å²) in [4.78, 5) is 0. The van der Waals surface area contributed by atoms with Crippen molar-refractivity contribution >= 4 is 0 Å². The van der Waals surface area contributed by atoms with E-state index in [1.807, 2.05) is 6.92 Å². The topological polar surface area (TPSA) is 20.2 Å². The van der Waals surface area contributed by atoms with Crippen LogP contribution in [0.4, 0.5) is 0 Å². The highest BCUT2D eigenvalue weighted by Gasteiger charge is 2.55. The van der Waals surface area contributed by atoms with E-state index in [1.54, 1.807) is 0 Å². The molecule has 3 atom stereocenters. The first kappa shape index (κ1) is 8.31. The number of aliphatic hydroxyl groups excluding tert-OH is 1. The van der Waals surface area contributed by atoms with Crippen molar-refractivity contribution in [2.24, 2.45) is 17.8 Å². The zero-order valence-electron chi connectivity index (χ0n) is 7.79. The van der Waals surface area contributed by atoms with Crippen LogP contribution in [0.2, 0.25) is 0 Å². The highest BCUT2D eigenvalue weighted by Crippen LogP contribution is 2.59. The van der Waals surface area contributed by atoms with Crippen molar-refractivity contribution in [1.82, 2.24) is 0 Å². The Morgan fingerprint density at radius 1 is 1.50 bits per heavy atom. The summed E-state index contributed by atoms with van der Waals surface area (Å²) in [6.45, 7) is 5.84. The average Bonchev–Trinajstić information content (AvgIpc) is 2.45. The molecule has 2 fully saturated rings. The summed E-state index contributed by atoms with van der Waals surface area (Å²) in [5.41, 5.74) is 1.12. The normalized spacial score (nSPS) is 40.7. The molecule has 0 aliphatic heterocycles. The van der Waals surface area contributed by atoms with Crippen LogP contribution in [0.5, 0.6) is 0 Å². The highest BCUT2D eigenvalue weighted by atomic mass is 16.3. The Balaban J connectivity index is 1.83. The summed E-state index contributed by atoms with van der Waals surface area (Å²) in [5.74, 6) is 2.38. The van der Waals surface area contributed by atoms with Crippen LogP contribution in [-0.2, 0) is 0 Å². The molecule has 2 saturated carbocycles. The predicted molar refractivity (Wildman–Crippen MR) is 49.8 cm³/mol. The molecule has 0 spiro atoms. The average molecular weight is 166 g/mol. The third kappa shape index (κ3) is 1.31. The molecule has 0 aromatic rings. The number of fused-ring (bicyclic) bond motifs is 1. The lowest BCUT2D eigenvalue weighted by atomic mass is 10.0. The molecule has 68 valence electrons. The lowest BCUT2D eigenvalue weighted by Crippen LogP contribution is -2.13. The molecule has 2 aliphatic rings. The van der Waals surface area contributed by atoms with E-state index >= 15 is 0 Å². The Morgan fingerprint density at radius 2 is 2.08 bits per heavy atom. The summed E-state index contributed by atoms with van der Waals surface area (Å²) < 4.78 is 0. The van der Waals surface area contributed by atoms with E-state index in [0.29, 0.717) is 5.92 Å². The lowest BCUT2D eigenvalue weighted by Gasteiger charge is -2.11. The summed E-state index contributed by atoms with van der Waals surface area (Å²) in [6, 6.07) is 0. The van der Waals surface area contributed by atoms with Gasteiger partial charge in [-0.05, 0) is 43.9 Å². The molecule has 0 aromatic heterocycles. The largest absolute Gasteiger partial charge is 0.392 e. The Morgan fingerprint density at radius 3 is 2.58 bits per heavy atom. The molecule has 0 heterocycles. The third-order valence-electron chi connectivity index (χ3n) is 3.47. The first-order valence-electron chi connectivity index (χ1n) is 5.02. The lowest BCUT2D eigenvalue weighted by molar-refractivity contribution is 0.135. The number of hydrogen-bond donors (Lipinski definition) is 1. The Hall–Kier alpha value is -0.300. The van der Waals surface area contributed by atoms with Crippen molar-refractivity contribution in [3.8, 4) is 0 Å². The van der Waals surface area contributed by atoms with Gasteiger partial charge >= 0.3 is 0 Å². The van der Waals surface area contributed by atoms with Gasteiger partial charge in [0, 0.05) is 0 Å². The number of aliphatic hydroxyl groups is 1. The number of hydrogen-bond acceptors (Lipinski definition) is 1. The van der Waals surface area contributed by atoms with Crippen LogP contribution in [0.15, 0.2) is 12.2 Å². The predicted octanol–water partition coefficient (Wildman–Crippen LogP) is 2.36. The van der Waals surface area contributed by atoms with Gasteiger partial charge in [0.15, 0.2) is 0 Å². The standard InChI is InChI=1S/C11H18O/c1-7(2)6-10(12)11-8-4-3-5-9(8)11/h8-12H,1,3-6H2,2H3. The maximum Gasteiger partial charge on any atom is 0.0610 e. The molecular weight excluding hydrogens is 148 g/mol. The first-order valence-corrected chi connectivity index (χ1v) is 5.02. The molecule has 1 nitrogen and oxygen atoms in total. The Labute approximate surface area is 74.5 Å². The monoisotopic (exact) mass is 166 g/mol. The van der Waals surface area contributed by atoms with Crippen LogP contribution in [-0.4, -0.2) is 11.2 Å². The van der Waals surface area contributed by atoms with Crippen molar-refractivity contribution in [2.75, 3.05) is 0 Å². The van der Waals surface area contributed by atoms with E-state index in [9.17, 15) is 5.11 Å². The second-order valence-electron chi connectivity index (χ2n) is 4.56. The molecule has 0 amide bonds. The van der Waals surface area contributed by atoms with Crippen LogP contribution in [0.1, 0.15) is 32.6 Å². The summed E-state index contributed by atoms with van der Waals surface area (Å²) in [7, 11) is 0. The van der Waals surface area contributed by atoms with Gasteiger partial charge < -0.3 is 5.11 Å². The van der Waals surface area contributed by atoms with E-state index in [0.717, 1.165) is 23.8 Å². The quantitative estimate of drug-likeness (QED) is 0.638. The minimum atomic E-state index is -0.0854. The van der Waals surface area contributed by atoms with Crippen LogP contribution >= 0.6 is 0 Å². The molecule has 12 heavy (non-hydrogen) atoms. The van der Waals surface area contributed by atoms with E-state index in [1.165, 1.54) is 19.3 Å². The van der Waals surface area contributed by atoms with Gasteiger partial charge in [-0.3, -0.25) is 0 Å². The van der Waals surface area contributed by atoms with Gasteiger partial charge in [0.1, 0.15) is 0 Å². The van der Waals surface area contributed by atoms with E-state index in [4.69, 9.17) is 0 Å². The first-order chi connectivity index (χ1) is 5.70. The molecule has 1 N–H and O–H groups in total. The SMILES string of the molecule is C=C(C)CC(O)C1C2CCCC21. The third-order valence-corrected chi connectivity index (χ3v) is 3.47. The van der Waals surface area contributed by atoms with Crippen molar-refractivity contribution in [3.05, 3.63) is 12.2 Å². The molecular formula is C11H18O. The fourth-order valence-corrected chi connectivity index (χ4v) is 2.94. The second-order valence-corrected chi connectivity index (χ2v) is 4.56. The van der Waals surface area contributed by atoms with Gasteiger partial charge in [0.05, 0.1) is 6.10 Å². The van der Waals surface area contributed by atoms with Crippen molar-refractivity contribution < 1.29 is 5.11 Å². The second kappa shape index (κ2) is 2.88. The molecule has 2 aliphatic carbocycles. The smallest absolute Gasteiger partial charge is 0.0610 e. The molecule has 0 bridgehead atoms. The summed E-state index contributed by atoms with van der Waals surface area (Å²) in [6.07, 6.45) is 4.85. The van der Waals surface area contributed by atoms with Gasteiger partial charge in [-0.25, -0.2) is 0 Å². The maximum atomic E-state index is 9.80. The number of rotatable bonds is 3. The van der Waals surface area contributed by atoms with E-state index in [-0.39, 0.29) is 6.10 Å². The minimum absolute atomic E-state index is 0.0854. The van der Waals surface area contributed by atoms with Crippen molar-refractivity contribution in [1.29, 1.82) is 0 Å². The molecule has 1 heteroatoms. The summed E-state index contributed by atoms with van der Waals surface area (Å²) >= 11 is 0. The van der Waals surface area contributed by atoms with E-state index in [2.05, 4.69) is 6.58 Å². The van der Waals surface area contributed by atoms with Crippen molar-refractivity contribution in [2.45, 2.75) is 38.7 Å². The molecule has 2 rings (SSSR count). The van der Waals surface area contributed by atoms with Crippen molar-refractivity contribution in [3.63, 3.8) is 0 Å². The van der Waals surface area contributed by atoms with Gasteiger partial charge in [-0.1, -0.05) is 12.0 Å². The van der Waals surface area contributed by atoms with Crippen LogP contribution in [0.3, 0.4) is 0 Å². The van der Waals surface area contributed by atoms with Crippen LogP contribution in [0, 0.1) is 17.8 Å². The summed E-state index contributed by atoms with van der Waals surface area (Å²) in [5, 5.41) is 9.80. The zero-order chi connectivity index (χ0) is 8.72. The minimum Gasteiger partial charge on any atom is -0.392 e. The maximum absolute atomic E-state index is 9.80. The van der Waals surface area contributed by atoms with Crippen LogP contribution < -0.4 is 0 Å². The molecule has 0 saturated heterocycles. The van der Waals surface area contributed by atoms with E-state index < -0.39 is 0 Å². The fourth-order valence-electron chi connectivity index (χ4n) is 2.94.